The van der Waals surface area contributed by atoms with Gasteiger partial charge in [0.2, 0.25) is 5.89 Å². The highest BCUT2D eigenvalue weighted by Gasteiger charge is 2.31. The fourth-order valence-corrected chi connectivity index (χ4v) is 3.13. The molecule has 3 rings (SSSR count). The van der Waals surface area contributed by atoms with Gasteiger partial charge < -0.3 is 23.9 Å². The van der Waals surface area contributed by atoms with Crippen molar-refractivity contribution in [1.29, 1.82) is 0 Å². The van der Waals surface area contributed by atoms with Gasteiger partial charge in [0, 0.05) is 18.5 Å². The van der Waals surface area contributed by atoms with Gasteiger partial charge in [0.1, 0.15) is 18.1 Å². The molecule has 0 atom stereocenters. The highest BCUT2D eigenvalue weighted by atomic mass is 16.6. The Labute approximate surface area is 206 Å². The molecule has 0 radical (unpaired) electrons. The summed E-state index contributed by atoms with van der Waals surface area (Å²) in [6.45, 7) is 9.51. The van der Waals surface area contributed by atoms with Crippen LogP contribution in [-0.4, -0.2) is 36.3 Å². The van der Waals surface area contributed by atoms with Crippen LogP contribution in [0.5, 0.6) is 5.75 Å². The van der Waals surface area contributed by atoms with Crippen molar-refractivity contribution in [3.05, 3.63) is 71.6 Å². The van der Waals surface area contributed by atoms with E-state index in [1.165, 1.54) is 7.11 Å². The molecule has 0 fully saturated rings. The highest BCUT2D eigenvalue weighted by Crippen LogP contribution is 2.22. The number of amides is 1. The first-order valence-electron chi connectivity index (χ1n) is 11.6. The summed E-state index contributed by atoms with van der Waals surface area (Å²) in [5, 5.41) is 2.72. The molecule has 1 heterocycles. The molecule has 0 bridgehead atoms. The third kappa shape index (κ3) is 8.17. The number of methoxy groups -OCH3 is 1. The van der Waals surface area contributed by atoms with Gasteiger partial charge in [-0.1, -0.05) is 44.2 Å². The van der Waals surface area contributed by atoms with Gasteiger partial charge in [-0.25, -0.2) is 14.6 Å². The maximum absolute atomic E-state index is 12.1. The number of hydrogen-bond acceptors (Lipinski definition) is 7. The molecule has 188 valence electrons. The number of esters is 1. The maximum atomic E-state index is 12.1. The Kier molecular flexibility index (Phi) is 10.3. The SMILES string of the molecule is CC.COC(=O)C(C)(C)Oc1cccc(COC(=O)NCCc2nc(-c3ccccc3)oc2C)c1. The third-order valence-corrected chi connectivity index (χ3v) is 4.86. The average Bonchev–Trinajstić information content (AvgIpc) is 3.24. The quantitative estimate of drug-likeness (QED) is 0.403. The third-order valence-electron chi connectivity index (χ3n) is 4.86. The van der Waals surface area contributed by atoms with E-state index in [1.54, 1.807) is 38.1 Å². The number of alkyl carbamates (subject to hydrolysis) is 1. The van der Waals surface area contributed by atoms with Gasteiger partial charge in [0.25, 0.3) is 0 Å². The van der Waals surface area contributed by atoms with Crippen molar-refractivity contribution in [2.75, 3.05) is 13.7 Å². The molecule has 1 amide bonds. The lowest BCUT2D eigenvalue weighted by molar-refractivity contribution is -0.156. The molecule has 0 saturated carbocycles. The lowest BCUT2D eigenvalue weighted by Gasteiger charge is -2.23. The number of aromatic nitrogens is 1. The fraction of sp³-hybridized carbons (Fsp3) is 0.370. The molecular formula is C27H34N2O6. The number of carbonyl (C=O) groups is 2. The monoisotopic (exact) mass is 482 g/mol. The van der Waals surface area contributed by atoms with E-state index in [9.17, 15) is 9.59 Å². The number of rotatable bonds is 9. The lowest BCUT2D eigenvalue weighted by atomic mass is 10.1. The van der Waals surface area contributed by atoms with Crippen molar-refractivity contribution >= 4 is 12.1 Å². The molecular weight excluding hydrogens is 448 g/mol. The Hall–Kier alpha value is -3.81. The van der Waals surface area contributed by atoms with E-state index < -0.39 is 17.7 Å². The number of hydrogen-bond donors (Lipinski definition) is 1. The van der Waals surface area contributed by atoms with Crippen molar-refractivity contribution in [3.8, 4) is 17.2 Å². The zero-order valence-electron chi connectivity index (χ0n) is 21.2. The molecule has 8 nitrogen and oxygen atoms in total. The number of nitrogens with one attached hydrogen (secondary N) is 1. The molecule has 0 aliphatic heterocycles. The molecule has 3 aromatic rings. The van der Waals surface area contributed by atoms with Crippen LogP contribution in [0, 0.1) is 6.92 Å². The van der Waals surface area contributed by atoms with Crippen LogP contribution in [0.3, 0.4) is 0 Å². The van der Waals surface area contributed by atoms with E-state index in [-0.39, 0.29) is 6.61 Å². The molecule has 0 saturated heterocycles. The van der Waals surface area contributed by atoms with E-state index in [2.05, 4.69) is 10.3 Å². The topological polar surface area (TPSA) is 99.9 Å². The Morgan fingerprint density at radius 1 is 1.06 bits per heavy atom. The first-order chi connectivity index (χ1) is 16.8. The summed E-state index contributed by atoms with van der Waals surface area (Å²) in [5.74, 6) is 1.27. The van der Waals surface area contributed by atoms with E-state index >= 15 is 0 Å². The van der Waals surface area contributed by atoms with Gasteiger partial charge in [-0.05, 0) is 50.6 Å². The fourth-order valence-electron chi connectivity index (χ4n) is 3.13. The summed E-state index contributed by atoms with van der Waals surface area (Å²) in [5.41, 5.74) is 1.28. The van der Waals surface area contributed by atoms with Crippen molar-refractivity contribution in [2.24, 2.45) is 0 Å². The summed E-state index contributed by atoms with van der Waals surface area (Å²) in [4.78, 5) is 28.4. The minimum atomic E-state index is -1.13. The van der Waals surface area contributed by atoms with Crippen LogP contribution in [0.4, 0.5) is 4.79 Å². The second kappa shape index (κ2) is 13.2. The van der Waals surface area contributed by atoms with Crippen LogP contribution in [-0.2, 0) is 27.3 Å². The Balaban J connectivity index is 0.00000210. The second-order valence-corrected chi connectivity index (χ2v) is 7.89. The van der Waals surface area contributed by atoms with Crippen LogP contribution in [0.1, 0.15) is 44.7 Å². The number of ether oxygens (including phenoxy) is 3. The van der Waals surface area contributed by atoms with Crippen molar-refractivity contribution in [1.82, 2.24) is 10.3 Å². The molecule has 8 heteroatoms. The highest BCUT2D eigenvalue weighted by molar-refractivity contribution is 5.78. The van der Waals surface area contributed by atoms with Gasteiger partial charge in [-0.2, -0.15) is 0 Å². The number of benzene rings is 2. The summed E-state index contributed by atoms with van der Waals surface area (Å²) in [7, 11) is 1.31. The van der Waals surface area contributed by atoms with Crippen LogP contribution >= 0.6 is 0 Å². The first kappa shape index (κ1) is 27.4. The molecule has 0 unspecified atom stereocenters. The van der Waals surface area contributed by atoms with Crippen LogP contribution in [0.2, 0.25) is 0 Å². The summed E-state index contributed by atoms with van der Waals surface area (Å²) >= 11 is 0. The van der Waals surface area contributed by atoms with E-state index in [1.807, 2.05) is 51.1 Å². The molecule has 2 aromatic carbocycles. The lowest BCUT2D eigenvalue weighted by Crippen LogP contribution is -2.39. The summed E-state index contributed by atoms with van der Waals surface area (Å²) in [6, 6.07) is 16.6. The zero-order chi connectivity index (χ0) is 25.8. The Morgan fingerprint density at radius 3 is 2.46 bits per heavy atom. The van der Waals surface area contributed by atoms with Gasteiger partial charge >= 0.3 is 12.1 Å². The predicted octanol–water partition coefficient (Wildman–Crippen LogP) is 5.48. The number of aryl methyl sites for hydroxylation is 1. The molecule has 0 aliphatic rings. The number of nitrogens with zero attached hydrogens (tertiary/aromatic N) is 1. The molecule has 1 aromatic heterocycles. The average molecular weight is 483 g/mol. The molecule has 1 N–H and O–H groups in total. The summed E-state index contributed by atoms with van der Waals surface area (Å²) < 4.78 is 21.5. The minimum Gasteiger partial charge on any atom is -0.476 e. The zero-order valence-corrected chi connectivity index (χ0v) is 21.2. The summed E-state index contributed by atoms with van der Waals surface area (Å²) in [6.07, 6.45) is -0.0240. The van der Waals surface area contributed by atoms with E-state index in [4.69, 9.17) is 18.6 Å². The first-order valence-corrected chi connectivity index (χ1v) is 11.6. The largest absolute Gasteiger partial charge is 0.476 e. The molecule has 35 heavy (non-hydrogen) atoms. The number of oxazole rings is 1. The van der Waals surface area contributed by atoms with Crippen molar-refractivity contribution in [2.45, 2.75) is 53.2 Å². The van der Waals surface area contributed by atoms with E-state index in [0.717, 1.165) is 22.6 Å². The molecule has 0 aliphatic carbocycles. The van der Waals surface area contributed by atoms with Crippen molar-refractivity contribution < 1.29 is 28.2 Å². The second-order valence-electron chi connectivity index (χ2n) is 7.89. The van der Waals surface area contributed by atoms with Crippen LogP contribution < -0.4 is 10.1 Å². The Morgan fingerprint density at radius 2 is 1.77 bits per heavy atom. The van der Waals surface area contributed by atoms with Crippen LogP contribution in [0.15, 0.2) is 59.0 Å². The Bertz CT molecular complexity index is 1090. The van der Waals surface area contributed by atoms with Crippen molar-refractivity contribution in [3.63, 3.8) is 0 Å². The predicted molar refractivity (Wildman–Crippen MR) is 133 cm³/mol. The van der Waals surface area contributed by atoms with Gasteiger partial charge in [-0.3, -0.25) is 0 Å². The van der Waals surface area contributed by atoms with Gasteiger partial charge in [-0.15, -0.1) is 0 Å². The van der Waals surface area contributed by atoms with Crippen LogP contribution in [0.25, 0.3) is 11.5 Å². The standard InChI is InChI=1S/C25H28N2O6.C2H6/c1-17-21(27-22(32-17)19-10-6-5-7-11-19)13-14-26-24(29)31-16-18-9-8-12-20(15-18)33-25(2,3)23(28)30-4;1-2/h5-12,15H,13-14,16H2,1-4H3,(H,26,29);1-2H3. The smallest absolute Gasteiger partial charge is 0.407 e. The normalized spacial score (nSPS) is 10.6. The maximum Gasteiger partial charge on any atom is 0.407 e. The minimum absolute atomic E-state index is 0.0584. The van der Waals surface area contributed by atoms with Gasteiger partial charge in [0.05, 0.1) is 12.8 Å². The number of carbonyl (C=O) groups excluding carboxylic acids is 2. The molecule has 0 spiro atoms. The van der Waals surface area contributed by atoms with Gasteiger partial charge in [0.15, 0.2) is 5.60 Å². The van der Waals surface area contributed by atoms with E-state index in [0.29, 0.717) is 24.6 Å².